The van der Waals surface area contributed by atoms with Gasteiger partial charge < -0.3 is 20.1 Å². The van der Waals surface area contributed by atoms with Crippen LogP contribution in [0.1, 0.15) is 168 Å². The van der Waals surface area contributed by atoms with E-state index in [2.05, 4.69) is 13.8 Å². The highest BCUT2D eigenvalue weighted by atomic mass is 32.2. The van der Waals surface area contributed by atoms with E-state index in [1.54, 1.807) is 0 Å². The molecule has 0 aromatic carbocycles. The Kier molecular flexibility index (Phi) is 37.2. The van der Waals surface area contributed by atoms with Crippen molar-refractivity contribution < 1.29 is 37.6 Å². The Hall–Kier alpha value is -0.290. The van der Waals surface area contributed by atoms with E-state index in [0.29, 0.717) is 0 Å². The zero-order chi connectivity index (χ0) is 36.1. The minimum absolute atomic E-state index is 0.0529. The molecule has 0 bridgehead atoms. The van der Waals surface area contributed by atoms with Gasteiger partial charge in [0.15, 0.2) is 6.10 Å². The van der Waals surface area contributed by atoms with Crippen LogP contribution in [-0.4, -0.2) is 72.3 Å². The summed E-state index contributed by atoms with van der Waals surface area (Å²) in [6.45, 7) is 3.70. The van der Waals surface area contributed by atoms with E-state index in [9.17, 15) is 19.0 Å². The number of phosphoric ester groups is 1. The zero-order valence-corrected chi connectivity index (χ0v) is 33.9. The lowest BCUT2D eigenvalue weighted by molar-refractivity contribution is -0.157. The van der Waals surface area contributed by atoms with Crippen molar-refractivity contribution in [2.45, 2.75) is 174 Å². The fraction of sp³-hybridized carbons (Fsp3) is 0.946. The summed E-state index contributed by atoms with van der Waals surface area (Å²) in [5, 5.41) is 0. The van der Waals surface area contributed by atoms with E-state index >= 15 is 0 Å². The molecule has 0 rings (SSSR count). The van der Waals surface area contributed by atoms with Gasteiger partial charge in [0.25, 0.3) is 0 Å². The summed E-state index contributed by atoms with van der Waals surface area (Å²) < 4.78 is 32.6. The summed E-state index contributed by atoms with van der Waals surface area (Å²) in [5.41, 5.74) is 5.33. The predicted molar refractivity (Wildman–Crippen MR) is 208 cm³/mol. The molecule has 0 spiro atoms. The normalized spacial score (nSPS) is 13.3. The molecule has 0 aliphatic carbocycles. The SMILES string of the molecule is CCCCCCCCCCCCCCSCC(=O)OC[C@H](COP(=O)(O)OCCN)OC(=O)CSCCCCCCCCCCCCCC. The Bertz CT molecular complexity index is 796. The van der Waals surface area contributed by atoms with Gasteiger partial charge in [-0.25, -0.2) is 4.57 Å². The summed E-state index contributed by atoms with van der Waals surface area (Å²) in [4.78, 5) is 34.7. The van der Waals surface area contributed by atoms with E-state index in [4.69, 9.17) is 24.3 Å². The summed E-state index contributed by atoms with van der Waals surface area (Å²) >= 11 is 3.03. The number of nitrogens with two attached hydrogens (primary N) is 1. The molecule has 0 heterocycles. The summed E-state index contributed by atoms with van der Waals surface area (Å²) in [5.74, 6) is 1.20. The van der Waals surface area contributed by atoms with Crippen LogP contribution in [0.2, 0.25) is 0 Å². The van der Waals surface area contributed by atoms with Crippen LogP contribution in [-0.2, 0) is 32.7 Å². The first kappa shape index (κ1) is 48.7. The van der Waals surface area contributed by atoms with E-state index in [1.807, 2.05) is 0 Å². The van der Waals surface area contributed by atoms with Crippen LogP contribution < -0.4 is 5.73 Å². The lowest BCUT2D eigenvalue weighted by Gasteiger charge is -2.19. The Morgan fingerprint density at radius 3 is 1.39 bits per heavy atom. The average Bonchev–Trinajstić information content (AvgIpc) is 3.08. The Morgan fingerprint density at radius 2 is 0.980 bits per heavy atom. The van der Waals surface area contributed by atoms with Gasteiger partial charge in [0.05, 0.1) is 24.7 Å². The van der Waals surface area contributed by atoms with Crippen molar-refractivity contribution in [3.8, 4) is 0 Å². The molecule has 0 aromatic rings. The molecule has 49 heavy (non-hydrogen) atoms. The molecule has 0 saturated heterocycles. The van der Waals surface area contributed by atoms with Gasteiger partial charge in [-0.2, -0.15) is 23.5 Å². The molecule has 9 nitrogen and oxygen atoms in total. The maximum absolute atomic E-state index is 12.5. The third-order valence-corrected chi connectivity index (χ3v) is 11.3. The van der Waals surface area contributed by atoms with Crippen LogP contribution in [0.25, 0.3) is 0 Å². The molecule has 1 unspecified atom stereocenters. The quantitative estimate of drug-likeness (QED) is 0.0353. The maximum Gasteiger partial charge on any atom is 0.472 e. The van der Waals surface area contributed by atoms with Crippen molar-refractivity contribution in [3.63, 3.8) is 0 Å². The summed E-state index contributed by atoms with van der Waals surface area (Å²) in [7, 11) is -4.37. The highest BCUT2D eigenvalue weighted by Crippen LogP contribution is 2.43. The molecule has 292 valence electrons. The molecule has 0 aromatic heterocycles. The van der Waals surface area contributed by atoms with Crippen LogP contribution in [0, 0.1) is 0 Å². The lowest BCUT2D eigenvalue weighted by Crippen LogP contribution is -2.30. The van der Waals surface area contributed by atoms with E-state index in [1.165, 1.54) is 158 Å². The third kappa shape index (κ3) is 37.3. The highest BCUT2D eigenvalue weighted by molar-refractivity contribution is 8.00. The number of esters is 2. The van der Waals surface area contributed by atoms with Crippen molar-refractivity contribution in [1.29, 1.82) is 0 Å². The number of hydrogen-bond acceptors (Lipinski definition) is 10. The molecule has 3 N–H and O–H groups in total. The third-order valence-electron chi connectivity index (χ3n) is 8.25. The fourth-order valence-corrected chi connectivity index (χ4v) is 7.70. The molecule has 0 radical (unpaired) electrons. The molecule has 2 atom stereocenters. The van der Waals surface area contributed by atoms with Crippen LogP contribution in [0.5, 0.6) is 0 Å². The largest absolute Gasteiger partial charge is 0.472 e. The smallest absolute Gasteiger partial charge is 0.461 e. The zero-order valence-electron chi connectivity index (χ0n) is 31.4. The van der Waals surface area contributed by atoms with Crippen LogP contribution >= 0.6 is 31.3 Å². The monoisotopic (exact) mass is 755 g/mol. The minimum Gasteiger partial charge on any atom is -0.461 e. The van der Waals surface area contributed by atoms with Crippen molar-refractivity contribution in [1.82, 2.24) is 0 Å². The van der Waals surface area contributed by atoms with Gasteiger partial charge in [0, 0.05) is 6.54 Å². The molecule has 0 aliphatic rings. The number of phosphoric acid groups is 1. The maximum atomic E-state index is 12.5. The standard InChI is InChI=1S/C37H74NO8PS2/c1-3-5-7-9-11-13-15-17-19-21-23-25-29-48-33-36(39)43-31-35(32-45-47(41,42)44-28-27-38)46-37(40)34-49-30-26-24-22-20-18-16-14-12-10-8-6-4-2/h35H,3-34,38H2,1-2H3,(H,41,42)/t35-/m1/s1. The molecule has 0 amide bonds. The van der Waals surface area contributed by atoms with Crippen molar-refractivity contribution in [3.05, 3.63) is 0 Å². The van der Waals surface area contributed by atoms with E-state index in [-0.39, 0.29) is 31.3 Å². The summed E-state index contributed by atoms with van der Waals surface area (Å²) in [6.07, 6.45) is 29.9. The van der Waals surface area contributed by atoms with E-state index in [0.717, 1.165) is 30.8 Å². The second kappa shape index (κ2) is 37.5. The second-order valence-electron chi connectivity index (χ2n) is 13.1. The van der Waals surface area contributed by atoms with Gasteiger partial charge in [-0.05, 0) is 24.3 Å². The van der Waals surface area contributed by atoms with Crippen LogP contribution in [0.3, 0.4) is 0 Å². The molecule has 0 saturated carbocycles. The lowest BCUT2D eigenvalue weighted by atomic mass is 10.1. The topological polar surface area (TPSA) is 134 Å². The van der Waals surface area contributed by atoms with Gasteiger partial charge in [-0.15, -0.1) is 0 Å². The minimum atomic E-state index is -4.37. The number of unbranched alkanes of at least 4 members (excludes halogenated alkanes) is 22. The number of rotatable bonds is 39. The van der Waals surface area contributed by atoms with Gasteiger partial charge in [0.2, 0.25) is 0 Å². The number of carbonyl (C=O) groups is 2. The first-order chi connectivity index (χ1) is 23.8. The van der Waals surface area contributed by atoms with Gasteiger partial charge >= 0.3 is 19.8 Å². The predicted octanol–water partition coefficient (Wildman–Crippen LogP) is 10.4. The fourth-order valence-electron chi connectivity index (χ4n) is 5.35. The van der Waals surface area contributed by atoms with Gasteiger partial charge in [0.1, 0.15) is 6.61 Å². The molecule has 0 aliphatic heterocycles. The summed E-state index contributed by atoms with van der Waals surface area (Å²) in [6, 6.07) is 0. The van der Waals surface area contributed by atoms with Crippen LogP contribution in [0.4, 0.5) is 0 Å². The number of hydrogen-bond donors (Lipinski definition) is 2. The number of carbonyl (C=O) groups excluding carboxylic acids is 2. The van der Waals surface area contributed by atoms with Crippen molar-refractivity contribution in [2.24, 2.45) is 5.73 Å². The average molecular weight is 756 g/mol. The first-order valence-corrected chi connectivity index (χ1v) is 23.5. The van der Waals surface area contributed by atoms with E-state index < -0.39 is 32.5 Å². The van der Waals surface area contributed by atoms with Gasteiger partial charge in [-0.1, -0.05) is 155 Å². The Labute approximate surface area is 309 Å². The molecule has 0 fully saturated rings. The van der Waals surface area contributed by atoms with Crippen molar-refractivity contribution >= 4 is 43.3 Å². The second-order valence-corrected chi connectivity index (χ2v) is 16.7. The molecular formula is C37H74NO8PS2. The highest BCUT2D eigenvalue weighted by Gasteiger charge is 2.26. The molecular weight excluding hydrogens is 682 g/mol. The van der Waals surface area contributed by atoms with Crippen LogP contribution in [0.15, 0.2) is 0 Å². The van der Waals surface area contributed by atoms with Gasteiger partial charge in [-0.3, -0.25) is 18.6 Å². The Morgan fingerprint density at radius 1 is 0.592 bits per heavy atom. The van der Waals surface area contributed by atoms with Crippen molar-refractivity contribution in [2.75, 3.05) is 49.4 Å². The Balaban J connectivity index is 4.14. The number of thioether (sulfide) groups is 2. The first-order valence-electron chi connectivity index (χ1n) is 19.7. The number of ether oxygens (including phenoxy) is 2. The molecule has 12 heteroatoms.